The molecule has 0 unspecified atom stereocenters. The molecule has 1 aliphatic carbocycles. The van der Waals surface area contributed by atoms with Crippen molar-refractivity contribution in [2.75, 3.05) is 10.8 Å². The maximum absolute atomic E-state index is 13.5. The number of carbonyl (C=O) groups is 1. The zero-order chi connectivity index (χ0) is 21.5. The maximum Gasteiger partial charge on any atom is 0.264 e. The van der Waals surface area contributed by atoms with E-state index < -0.39 is 10.0 Å². The van der Waals surface area contributed by atoms with Crippen molar-refractivity contribution in [3.05, 3.63) is 83.2 Å². The Morgan fingerprint density at radius 1 is 1.00 bits per heavy atom. The lowest BCUT2D eigenvalue weighted by atomic mass is 10.1. The molecular formula is C24H26N2O3S. The monoisotopic (exact) mass is 422 g/mol. The van der Waals surface area contributed by atoms with Gasteiger partial charge in [0.2, 0.25) is 0 Å². The van der Waals surface area contributed by atoms with Gasteiger partial charge in [-0.05, 0) is 69.5 Å². The third-order valence-corrected chi connectivity index (χ3v) is 7.38. The van der Waals surface area contributed by atoms with E-state index in [0.29, 0.717) is 17.3 Å². The van der Waals surface area contributed by atoms with Gasteiger partial charge in [-0.1, -0.05) is 30.3 Å². The van der Waals surface area contributed by atoms with Crippen LogP contribution in [0.25, 0.3) is 0 Å². The van der Waals surface area contributed by atoms with Crippen molar-refractivity contribution in [2.45, 2.75) is 44.6 Å². The second kappa shape index (κ2) is 7.76. The van der Waals surface area contributed by atoms with Crippen LogP contribution in [0, 0.1) is 20.8 Å². The second-order valence-corrected chi connectivity index (χ2v) is 9.84. The number of aryl methyl sites for hydroxylation is 2. The van der Waals surface area contributed by atoms with Crippen molar-refractivity contribution in [1.29, 1.82) is 0 Å². The van der Waals surface area contributed by atoms with Crippen LogP contribution in [-0.2, 0) is 10.0 Å². The molecule has 0 saturated heterocycles. The molecular weight excluding hydrogens is 396 g/mol. The molecule has 6 heteroatoms. The van der Waals surface area contributed by atoms with Crippen LogP contribution >= 0.6 is 0 Å². The molecule has 2 aromatic carbocycles. The Hall–Kier alpha value is -2.86. The number of hydrogen-bond donors (Lipinski definition) is 0. The standard InChI is InChI=1S/C24H26N2O3S/c1-17-8-7-11-22(14-17)30(28,29)25(20-9-5-4-6-10-20)16-24(27)23-15-18(2)26(19(23)3)21-12-13-21/h4-11,14-15,21H,12-13,16H2,1-3H3. The van der Waals surface area contributed by atoms with E-state index in [-0.39, 0.29) is 17.2 Å². The van der Waals surface area contributed by atoms with Crippen molar-refractivity contribution in [3.63, 3.8) is 0 Å². The minimum atomic E-state index is -3.89. The summed E-state index contributed by atoms with van der Waals surface area (Å²) >= 11 is 0. The highest BCUT2D eigenvalue weighted by molar-refractivity contribution is 7.92. The fraction of sp³-hybridized carbons (Fsp3) is 0.292. The Labute approximate surface area is 178 Å². The normalized spacial score (nSPS) is 14.0. The molecule has 1 aromatic heterocycles. The van der Waals surface area contributed by atoms with E-state index >= 15 is 0 Å². The molecule has 0 spiro atoms. The minimum Gasteiger partial charge on any atom is -0.345 e. The lowest BCUT2D eigenvalue weighted by Crippen LogP contribution is -2.36. The number of sulfonamides is 1. The summed E-state index contributed by atoms with van der Waals surface area (Å²) in [5, 5.41) is 0. The Bertz CT molecular complexity index is 1190. The van der Waals surface area contributed by atoms with Crippen molar-refractivity contribution in [2.24, 2.45) is 0 Å². The predicted molar refractivity (Wildman–Crippen MR) is 119 cm³/mol. The van der Waals surface area contributed by atoms with Gasteiger partial charge in [-0.3, -0.25) is 9.10 Å². The molecule has 1 aliphatic rings. The Kier molecular flexibility index (Phi) is 5.28. The van der Waals surface area contributed by atoms with Crippen molar-refractivity contribution >= 4 is 21.5 Å². The van der Waals surface area contributed by atoms with Crippen LogP contribution in [0.4, 0.5) is 5.69 Å². The lowest BCUT2D eigenvalue weighted by Gasteiger charge is -2.24. The molecule has 0 aliphatic heterocycles. The summed E-state index contributed by atoms with van der Waals surface area (Å²) in [5.41, 5.74) is 3.89. The summed E-state index contributed by atoms with van der Waals surface area (Å²) in [7, 11) is -3.89. The van der Waals surface area contributed by atoms with Gasteiger partial charge in [0.05, 0.1) is 17.1 Å². The van der Waals surface area contributed by atoms with Crippen LogP contribution in [-0.4, -0.2) is 25.3 Å². The molecule has 156 valence electrons. The SMILES string of the molecule is Cc1cccc(S(=O)(=O)N(CC(=O)c2cc(C)n(C3CC3)c2C)c2ccccc2)c1. The predicted octanol–water partition coefficient (Wildman–Crippen LogP) is 4.83. The van der Waals surface area contributed by atoms with Crippen molar-refractivity contribution < 1.29 is 13.2 Å². The summed E-state index contributed by atoms with van der Waals surface area (Å²) in [6.07, 6.45) is 2.25. The average Bonchev–Trinajstić information content (AvgIpc) is 3.51. The first-order valence-corrected chi connectivity index (χ1v) is 11.6. The summed E-state index contributed by atoms with van der Waals surface area (Å²) in [6.45, 7) is 5.56. The minimum absolute atomic E-state index is 0.183. The third-order valence-electron chi connectivity index (χ3n) is 5.61. The quantitative estimate of drug-likeness (QED) is 0.513. The molecule has 0 atom stereocenters. The molecule has 1 fully saturated rings. The molecule has 5 nitrogen and oxygen atoms in total. The Morgan fingerprint density at radius 2 is 1.70 bits per heavy atom. The van der Waals surface area contributed by atoms with Gasteiger partial charge in [0.15, 0.2) is 5.78 Å². The van der Waals surface area contributed by atoms with Gasteiger partial charge in [-0.25, -0.2) is 8.42 Å². The zero-order valence-electron chi connectivity index (χ0n) is 17.5. The van der Waals surface area contributed by atoms with Crippen LogP contribution in [0.1, 0.15) is 46.2 Å². The number of aromatic nitrogens is 1. The fourth-order valence-electron chi connectivity index (χ4n) is 3.98. The van der Waals surface area contributed by atoms with Crippen LogP contribution in [0.2, 0.25) is 0 Å². The molecule has 1 saturated carbocycles. The smallest absolute Gasteiger partial charge is 0.264 e. The largest absolute Gasteiger partial charge is 0.345 e. The van der Waals surface area contributed by atoms with Crippen LogP contribution < -0.4 is 4.31 Å². The second-order valence-electron chi connectivity index (χ2n) is 7.97. The number of anilines is 1. The van der Waals surface area contributed by atoms with Gasteiger partial charge in [0, 0.05) is 23.0 Å². The number of ketones is 1. The maximum atomic E-state index is 13.5. The molecule has 0 N–H and O–H groups in total. The molecule has 0 radical (unpaired) electrons. The first-order valence-electron chi connectivity index (χ1n) is 10.1. The number of Topliss-reactive ketones (excluding diaryl/α,β-unsaturated/α-hetero) is 1. The van der Waals surface area contributed by atoms with E-state index in [2.05, 4.69) is 4.57 Å². The van der Waals surface area contributed by atoms with Gasteiger partial charge in [0.1, 0.15) is 0 Å². The number of para-hydroxylation sites is 1. The molecule has 0 amide bonds. The summed E-state index contributed by atoms with van der Waals surface area (Å²) in [5.74, 6) is -0.199. The number of rotatable bonds is 7. The van der Waals surface area contributed by atoms with Gasteiger partial charge >= 0.3 is 0 Å². The van der Waals surface area contributed by atoms with Gasteiger partial charge in [-0.15, -0.1) is 0 Å². The molecule has 4 rings (SSSR count). The first-order chi connectivity index (χ1) is 14.3. The third kappa shape index (κ3) is 3.79. The van der Waals surface area contributed by atoms with Gasteiger partial charge in [0.25, 0.3) is 10.0 Å². The Balaban J connectivity index is 1.73. The fourth-order valence-corrected chi connectivity index (χ4v) is 5.51. The molecule has 30 heavy (non-hydrogen) atoms. The highest BCUT2D eigenvalue weighted by Gasteiger charge is 2.31. The van der Waals surface area contributed by atoms with E-state index in [0.717, 1.165) is 29.8 Å². The summed E-state index contributed by atoms with van der Waals surface area (Å²) in [6, 6.07) is 17.9. The summed E-state index contributed by atoms with van der Waals surface area (Å²) in [4.78, 5) is 13.5. The highest BCUT2D eigenvalue weighted by atomic mass is 32.2. The van der Waals surface area contributed by atoms with E-state index in [1.54, 1.807) is 42.5 Å². The van der Waals surface area contributed by atoms with E-state index in [1.165, 1.54) is 4.31 Å². The number of hydrogen-bond acceptors (Lipinski definition) is 3. The summed E-state index contributed by atoms with van der Waals surface area (Å²) < 4.78 is 30.4. The highest BCUT2D eigenvalue weighted by Crippen LogP contribution is 2.38. The first kappa shape index (κ1) is 20.4. The van der Waals surface area contributed by atoms with Crippen molar-refractivity contribution in [3.8, 4) is 0 Å². The van der Waals surface area contributed by atoms with Gasteiger partial charge < -0.3 is 4.57 Å². The van der Waals surface area contributed by atoms with E-state index in [4.69, 9.17) is 0 Å². The van der Waals surface area contributed by atoms with E-state index in [1.807, 2.05) is 39.0 Å². The lowest BCUT2D eigenvalue weighted by molar-refractivity contribution is 0.100. The van der Waals surface area contributed by atoms with Crippen LogP contribution in [0.15, 0.2) is 65.6 Å². The molecule has 3 aromatic rings. The zero-order valence-corrected chi connectivity index (χ0v) is 18.3. The number of nitrogens with zero attached hydrogens (tertiary/aromatic N) is 2. The Morgan fingerprint density at radius 3 is 2.33 bits per heavy atom. The number of carbonyl (C=O) groups excluding carboxylic acids is 1. The van der Waals surface area contributed by atoms with Crippen LogP contribution in [0.5, 0.6) is 0 Å². The topological polar surface area (TPSA) is 59.4 Å². The molecule has 0 bridgehead atoms. The molecule has 1 heterocycles. The number of benzene rings is 2. The van der Waals surface area contributed by atoms with Crippen LogP contribution in [0.3, 0.4) is 0 Å². The average molecular weight is 423 g/mol. The van der Waals surface area contributed by atoms with Gasteiger partial charge in [-0.2, -0.15) is 0 Å². The van der Waals surface area contributed by atoms with Crippen molar-refractivity contribution in [1.82, 2.24) is 4.57 Å². The van der Waals surface area contributed by atoms with E-state index in [9.17, 15) is 13.2 Å².